The molecule has 1 aromatic heterocycles. The maximum atomic E-state index is 9.35. The molecule has 114 valence electrons. The zero-order valence-electron chi connectivity index (χ0n) is 12.0. The van der Waals surface area contributed by atoms with E-state index in [1.54, 1.807) is 11.3 Å². The highest BCUT2D eigenvalue weighted by atomic mass is 35.5. The Kier molecular flexibility index (Phi) is 5.84. The Bertz CT molecular complexity index is 429. The summed E-state index contributed by atoms with van der Waals surface area (Å²) in [6, 6.07) is 4.44. The van der Waals surface area contributed by atoms with Crippen molar-refractivity contribution < 1.29 is 9.84 Å². The third-order valence-corrected chi connectivity index (χ3v) is 5.18. The van der Waals surface area contributed by atoms with Crippen LogP contribution < -0.4 is 5.73 Å². The summed E-state index contributed by atoms with van der Waals surface area (Å²) in [5.74, 6) is 0. The van der Waals surface area contributed by atoms with Crippen molar-refractivity contribution in [2.45, 2.75) is 44.5 Å². The van der Waals surface area contributed by atoms with Crippen molar-refractivity contribution in [3.05, 3.63) is 21.3 Å². The van der Waals surface area contributed by atoms with Gasteiger partial charge >= 0.3 is 0 Å². The average molecular weight is 319 g/mol. The average Bonchev–Trinajstić information content (AvgIpc) is 2.87. The van der Waals surface area contributed by atoms with Gasteiger partial charge in [-0.1, -0.05) is 18.5 Å². The van der Waals surface area contributed by atoms with Gasteiger partial charge in [0.1, 0.15) is 0 Å². The van der Waals surface area contributed by atoms with Crippen LogP contribution in [0.1, 0.15) is 31.2 Å². The van der Waals surface area contributed by atoms with Gasteiger partial charge in [-0.15, -0.1) is 11.3 Å². The van der Waals surface area contributed by atoms with Crippen molar-refractivity contribution in [3.8, 4) is 0 Å². The van der Waals surface area contributed by atoms with E-state index in [0.717, 1.165) is 10.8 Å². The molecular weight excluding hydrogens is 296 g/mol. The lowest BCUT2D eigenvalue weighted by Crippen LogP contribution is -2.54. The van der Waals surface area contributed by atoms with Crippen molar-refractivity contribution in [1.82, 2.24) is 4.90 Å². The lowest BCUT2D eigenvalue weighted by molar-refractivity contribution is -0.0944. The molecule has 4 atom stereocenters. The molecule has 0 bridgehead atoms. The van der Waals surface area contributed by atoms with E-state index in [9.17, 15) is 5.11 Å². The summed E-state index contributed by atoms with van der Waals surface area (Å²) in [7, 11) is 0. The summed E-state index contributed by atoms with van der Waals surface area (Å²) < 4.78 is 6.40. The Morgan fingerprint density at radius 2 is 2.35 bits per heavy atom. The smallest absolute Gasteiger partial charge is 0.0933 e. The quantitative estimate of drug-likeness (QED) is 0.874. The molecule has 1 saturated heterocycles. The van der Waals surface area contributed by atoms with Crippen molar-refractivity contribution in [1.29, 1.82) is 0 Å². The first kappa shape index (κ1) is 16.2. The molecule has 0 amide bonds. The summed E-state index contributed by atoms with van der Waals surface area (Å²) in [5, 5.41) is 9.35. The van der Waals surface area contributed by atoms with Gasteiger partial charge in [0.15, 0.2) is 0 Å². The third-order valence-electron chi connectivity index (χ3n) is 3.88. The zero-order chi connectivity index (χ0) is 14.7. The number of morpholine rings is 1. The SMILES string of the molecule is CCC(N)C(c1ccc(Cl)s1)N1CC(CO)OCC1C. The van der Waals surface area contributed by atoms with E-state index in [0.29, 0.717) is 13.2 Å². The van der Waals surface area contributed by atoms with Crippen molar-refractivity contribution in [2.75, 3.05) is 19.8 Å². The molecule has 20 heavy (non-hydrogen) atoms. The first-order valence-corrected chi connectivity index (χ1v) is 8.25. The summed E-state index contributed by atoms with van der Waals surface area (Å²) >= 11 is 7.66. The van der Waals surface area contributed by atoms with Gasteiger partial charge in [-0.05, 0) is 25.5 Å². The van der Waals surface area contributed by atoms with E-state index in [-0.39, 0.29) is 30.8 Å². The molecule has 3 N–H and O–H groups in total. The van der Waals surface area contributed by atoms with Crippen LogP contribution in [0.25, 0.3) is 0 Å². The Balaban J connectivity index is 2.25. The van der Waals surface area contributed by atoms with Gasteiger partial charge in [0.25, 0.3) is 0 Å². The largest absolute Gasteiger partial charge is 0.394 e. The number of rotatable bonds is 5. The summed E-state index contributed by atoms with van der Waals surface area (Å²) in [4.78, 5) is 3.54. The molecule has 2 rings (SSSR count). The molecule has 0 aromatic carbocycles. The number of ether oxygens (including phenoxy) is 1. The minimum Gasteiger partial charge on any atom is -0.394 e. The first-order chi connectivity index (χ1) is 9.56. The Morgan fingerprint density at radius 1 is 1.60 bits per heavy atom. The highest BCUT2D eigenvalue weighted by Gasteiger charge is 2.35. The molecule has 4 unspecified atom stereocenters. The Morgan fingerprint density at radius 3 is 2.90 bits per heavy atom. The fraction of sp³-hybridized carbons (Fsp3) is 0.714. The van der Waals surface area contributed by atoms with Crippen LogP contribution in [0.2, 0.25) is 4.34 Å². The van der Waals surface area contributed by atoms with Crippen molar-refractivity contribution in [3.63, 3.8) is 0 Å². The second-order valence-corrected chi connectivity index (χ2v) is 7.09. The number of halogens is 1. The number of aliphatic hydroxyl groups is 1. The molecule has 6 heteroatoms. The van der Waals surface area contributed by atoms with Crippen LogP contribution in [0.4, 0.5) is 0 Å². The highest BCUT2D eigenvalue weighted by molar-refractivity contribution is 7.16. The first-order valence-electron chi connectivity index (χ1n) is 7.05. The fourth-order valence-corrected chi connectivity index (χ4v) is 3.93. The van der Waals surface area contributed by atoms with Crippen LogP contribution in [0.3, 0.4) is 0 Å². The monoisotopic (exact) mass is 318 g/mol. The molecule has 1 aromatic rings. The minimum absolute atomic E-state index is 0.0441. The van der Waals surface area contributed by atoms with Gasteiger partial charge in [-0.25, -0.2) is 0 Å². The molecule has 0 radical (unpaired) electrons. The number of nitrogens with zero attached hydrogens (tertiary/aromatic N) is 1. The van der Waals surface area contributed by atoms with E-state index < -0.39 is 0 Å². The van der Waals surface area contributed by atoms with E-state index in [1.165, 1.54) is 4.88 Å². The number of hydrogen-bond acceptors (Lipinski definition) is 5. The van der Waals surface area contributed by atoms with Gasteiger partial charge in [-0.2, -0.15) is 0 Å². The van der Waals surface area contributed by atoms with Crippen molar-refractivity contribution >= 4 is 22.9 Å². The maximum absolute atomic E-state index is 9.35. The van der Waals surface area contributed by atoms with Crippen LogP contribution in [-0.2, 0) is 4.74 Å². The Hall–Kier alpha value is -0.170. The predicted octanol–water partition coefficient (Wildman–Crippen LogP) is 2.26. The maximum Gasteiger partial charge on any atom is 0.0933 e. The summed E-state index contributed by atoms with van der Waals surface area (Å²) in [5.41, 5.74) is 6.36. The van der Waals surface area contributed by atoms with Gasteiger partial charge in [0.2, 0.25) is 0 Å². The lowest BCUT2D eigenvalue weighted by Gasteiger charge is -2.44. The third kappa shape index (κ3) is 3.53. The van der Waals surface area contributed by atoms with Gasteiger partial charge in [0.05, 0.1) is 29.7 Å². The molecular formula is C14H23ClN2O2S. The summed E-state index contributed by atoms with van der Waals surface area (Å²) in [6.45, 7) is 5.60. The van der Waals surface area contributed by atoms with E-state index in [2.05, 4.69) is 24.8 Å². The number of thiophene rings is 1. The molecule has 0 spiro atoms. The van der Waals surface area contributed by atoms with E-state index in [4.69, 9.17) is 22.1 Å². The van der Waals surface area contributed by atoms with Gasteiger partial charge < -0.3 is 15.6 Å². The van der Waals surface area contributed by atoms with Crippen LogP contribution in [0.5, 0.6) is 0 Å². The van der Waals surface area contributed by atoms with Crippen LogP contribution in [0, 0.1) is 0 Å². The second-order valence-electron chi connectivity index (χ2n) is 5.34. The lowest BCUT2D eigenvalue weighted by atomic mass is 9.99. The van der Waals surface area contributed by atoms with Gasteiger partial charge in [0, 0.05) is 23.5 Å². The number of aliphatic hydroxyl groups excluding tert-OH is 1. The van der Waals surface area contributed by atoms with Crippen LogP contribution >= 0.6 is 22.9 Å². The standard InChI is InChI=1S/C14H23ClN2O2S/c1-3-11(16)14(12-4-5-13(15)20-12)17-6-10(7-18)19-8-9(17)2/h4-5,9-11,14,18H,3,6-8,16H2,1-2H3. The molecule has 0 aliphatic carbocycles. The highest BCUT2D eigenvalue weighted by Crippen LogP contribution is 2.35. The molecule has 4 nitrogen and oxygen atoms in total. The second kappa shape index (κ2) is 7.20. The fourth-order valence-electron chi connectivity index (χ4n) is 2.67. The molecule has 0 saturated carbocycles. The number of hydrogen-bond donors (Lipinski definition) is 2. The topological polar surface area (TPSA) is 58.7 Å². The Labute approximate surface area is 129 Å². The summed E-state index contributed by atoms with van der Waals surface area (Å²) in [6.07, 6.45) is 0.766. The molecule has 1 aliphatic rings. The minimum atomic E-state index is -0.131. The van der Waals surface area contributed by atoms with Crippen molar-refractivity contribution in [2.24, 2.45) is 5.73 Å². The van der Waals surface area contributed by atoms with E-state index in [1.807, 2.05) is 6.07 Å². The van der Waals surface area contributed by atoms with Crippen LogP contribution in [-0.4, -0.2) is 48.0 Å². The van der Waals surface area contributed by atoms with Gasteiger partial charge in [-0.3, -0.25) is 4.90 Å². The number of nitrogens with two attached hydrogens (primary N) is 1. The molecule has 1 fully saturated rings. The van der Waals surface area contributed by atoms with Crippen LogP contribution in [0.15, 0.2) is 12.1 Å². The normalized spacial score (nSPS) is 27.4. The molecule has 2 heterocycles. The zero-order valence-corrected chi connectivity index (χ0v) is 13.5. The molecule has 1 aliphatic heterocycles. The van der Waals surface area contributed by atoms with E-state index >= 15 is 0 Å². The predicted molar refractivity (Wildman–Crippen MR) is 83.3 cm³/mol.